The first-order chi connectivity index (χ1) is 20.7. The van der Waals surface area contributed by atoms with E-state index in [2.05, 4.69) is 59.2 Å². The molecule has 3 atom stereocenters. The van der Waals surface area contributed by atoms with Crippen molar-refractivity contribution in [1.82, 2.24) is 20.4 Å². The number of likely N-dealkylation sites (tertiary alicyclic amines) is 2. The summed E-state index contributed by atoms with van der Waals surface area (Å²) in [6.07, 6.45) is 6.07. The lowest BCUT2D eigenvalue weighted by molar-refractivity contribution is -0.139. The number of carbonyl (C=O) groups is 3. The van der Waals surface area contributed by atoms with Crippen LogP contribution in [0.4, 0.5) is 9.59 Å². The molecule has 0 aliphatic carbocycles. The van der Waals surface area contributed by atoms with Crippen LogP contribution in [0.15, 0.2) is 60.7 Å². The van der Waals surface area contributed by atoms with Crippen molar-refractivity contribution in [1.29, 1.82) is 0 Å². The highest BCUT2D eigenvalue weighted by Gasteiger charge is 2.38. The number of nitrogens with zero attached hydrogens (tertiary/aromatic N) is 2. The molecule has 0 saturated carbocycles. The van der Waals surface area contributed by atoms with E-state index in [0.717, 1.165) is 24.8 Å². The number of carbonyl (C=O) groups excluding carboxylic acids is 3. The Balaban J connectivity index is 1.22. The number of alkyl carbamates (subject to hydrolysis) is 1. The zero-order valence-electron chi connectivity index (χ0n) is 25.5. The fourth-order valence-corrected chi connectivity index (χ4v) is 6.40. The zero-order valence-corrected chi connectivity index (χ0v) is 25.5. The van der Waals surface area contributed by atoms with Crippen molar-refractivity contribution in [2.45, 2.75) is 63.7 Å². The Bertz CT molecular complexity index is 1300. The summed E-state index contributed by atoms with van der Waals surface area (Å²) >= 11 is 0. The molecule has 9 nitrogen and oxygen atoms in total. The van der Waals surface area contributed by atoms with Crippen LogP contribution in [0.2, 0.25) is 0 Å². The monoisotopic (exact) mass is 588 g/mol. The van der Waals surface area contributed by atoms with Gasteiger partial charge in [-0.15, -0.1) is 0 Å². The molecule has 3 aliphatic heterocycles. The van der Waals surface area contributed by atoms with Crippen LogP contribution in [0.5, 0.6) is 0 Å². The summed E-state index contributed by atoms with van der Waals surface area (Å²) in [6.45, 7) is 8.57. The third-order valence-corrected chi connectivity index (χ3v) is 8.38. The average Bonchev–Trinajstić information content (AvgIpc) is 2.99. The second-order valence-electron chi connectivity index (χ2n) is 12.7. The third kappa shape index (κ3) is 8.16. The molecule has 0 unspecified atom stereocenters. The highest BCUT2D eigenvalue weighted by atomic mass is 16.6. The molecule has 0 spiro atoms. The molecule has 0 radical (unpaired) electrons. The van der Waals surface area contributed by atoms with Gasteiger partial charge in [-0.1, -0.05) is 66.7 Å². The minimum Gasteiger partial charge on any atom is -0.444 e. The number of hydrogen-bond acceptors (Lipinski definition) is 5. The van der Waals surface area contributed by atoms with Crippen LogP contribution >= 0.6 is 0 Å². The molecule has 2 N–H and O–H groups in total. The minimum absolute atomic E-state index is 0.00837. The lowest BCUT2D eigenvalue weighted by Crippen LogP contribution is -2.62. The Labute approximate surface area is 254 Å². The predicted octanol–water partition coefficient (Wildman–Crippen LogP) is 4.78. The van der Waals surface area contributed by atoms with Crippen molar-refractivity contribution < 1.29 is 23.9 Å². The average molecular weight is 589 g/mol. The Morgan fingerprint density at radius 1 is 1.02 bits per heavy atom. The molecule has 0 bridgehead atoms. The molecule has 2 aromatic carbocycles. The molecule has 3 heterocycles. The van der Waals surface area contributed by atoms with Crippen molar-refractivity contribution in [2.75, 3.05) is 39.3 Å². The second kappa shape index (κ2) is 13.6. The fourth-order valence-electron chi connectivity index (χ4n) is 6.40. The molecule has 230 valence electrons. The molecule has 43 heavy (non-hydrogen) atoms. The molecular weight excluding hydrogens is 544 g/mol. The van der Waals surface area contributed by atoms with Crippen molar-refractivity contribution in [2.24, 2.45) is 5.92 Å². The summed E-state index contributed by atoms with van der Waals surface area (Å²) in [7, 11) is 0. The first-order valence-electron chi connectivity index (χ1n) is 15.4. The van der Waals surface area contributed by atoms with E-state index < -0.39 is 11.7 Å². The van der Waals surface area contributed by atoms with Crippen molar-refractivity contribution >= 4 is 24.1 Å². The third-order valence-electron chi connectivity index (χ3n) is 8.38. The van der Waals surface area contributed by atoms with Crippen LogP contribution < -0.4 is 10.6 Å². The Kier molecular flexibility index (Phi) is 9.70. The van der Waals surface area contributed by atoms with Gasteiger partial charge < -0.3 is 29.9 Å². The van der Waals surface area contributed by atoms with E-state index in [1.54, 1.807) is 0 Å². The lowest BCUT2D eigenvalue weighted by atomic mass is 9.76. The number of morpholine rings is 1. The maximum absolute atomic E-state index is 13.5. The molecule has 3 aliphatic rings. The van der Waals surface area contributed by atoms with E-state index in [1.165, 1.54) is 11.1 Å². The summed E-state index contributed by atoms with van der Waals surface area (Å²) in [5.74, 6) is 0.480. The van der Waals surface area contributed by atoms with Gasteiger partial charge in [0.25, 0.3) is 0 Å². The highest BCUT2D eigenvalue weighted by Crippen LogP contribution is 2.38. The summed E-state index contributed by atoms with van der Waals surface area (Å²) in [4.78, 5) is 41.1. The van der Waals surface area contributed by atoms with E-state index in [0.29, 0.717) is 38.6 Å². The zero-order chi connectivity index (χ0) is 30.4. The van der Waals surface area contributed by atoms with Crippen LogP contribution in [0.25, 0.3) is 6.08 Å². The van der Waals surface area contributed by atoms with Crippen molar-refractivity contribution in [3.8, 4) is 0 Å². The van der Waals surface area contributed by atoms with Crippen LogP contribution in [0.3, 0.4) is 0 Å². The summed E-state index contributed by atoms with van der Waals surface area (Å²) in [5.41, 5.74) is 3.06. The fraction of sp³-hybridized carbons (Fsp3) is 0.500. The Morgan fingerprint density at radius 2 is 1.74 bits per heavy atom. The number of benzene rings is 2. The highest BCUT2D eigenvalue weighted by molar-refractivity contribution is 5.79. The Morgan fingerprint density at radius 3 is 2.49 bits per heavy atom. The normalized spacial score (nSPS) is 22.1. The van der Waals surface area contributed by atoms with Gasteiger partial charge in [0, 0.05) is 38.6 Å². The maximum atomic E-state index is 13.5. The van der Waals surface area contributed by atoms with E-state index in [-0.39, 0.29) is 36.6 Å². The number of amides is 4. The number of rotatable bonds is 6. The van der Waals surface area contributed by atoms with Gasteiger partial charge in [0.1, 0.15) is 12.2 Å². The smallest absolute Gasteiger partial charge is 0.407 e. The number of fused-ring (bicyclic) bond motifs is 1. The van der Waals surface area contributed by atoms with Crippen LogP contribution in [-0.4, -0.2) is 84.9 Å². The standard InChI is InChI=1S/C34H44N4O5/c1-34(2,3)43-32(40)35-17-8-10-24-9-7-13-27(21-24)31(25-11-5-4-6-12-25)26-14-18-37(19-15-26)33(41)38-20-16-29-28(22-38)36-30(39)23-42-29/h4-13,21,26,28-29,31H,14-20,22-23H2,1-3H3,(H,35,40)(H,36,39)/b10-8+/t28-,29+,31-/m1/s1. The van der Waals surface area contributed by atoms with Gasteiger partial charge in [-0.25, -0.2) is 9.59 Å². The van der Waals surface area contributed by atoms with Crippen LogP contribution in [-0.2, 0) is 14.3 Å². The number of nitrogens with one attached hydrogen (secondary N) is 2. The summed E-state index contributed by atoms with van der Waals surface area (Å²) in [5, 5.41) is 5.76. The maximum Gasteiger partial charge on any atom is 0.407 e. The van der Waals surface area contributed by atoms with Gasteiger partial charge in [-0.05, 0) is 62.6 Å². The second-order valence-corrected chi connectivity index (χ2v) is 12.7. The van der Waals surface area contributed by atoms with Crippen LogP contribution in [0.1, 0.15) is 62.6 Å². The number of hydrogen-bond donors (Lipinski definition) is 2. The summed E-state index contributed by atoms with van der Waals surface area (Å²) in [6, 6.07) is 19.1. The van der Waals surface area contributed by atoms with Gasteiger partial charge in [0.15, 0.2) is 0 Å². The predicted molar refractivity (Wildman–Crippen MR) is 166 cm³/mol. The molecule has 3 saturated heterocycles. The lowest BCUT2D eigenvalue weighted by Gasteiger charge is -2.44. The molecule has 4 amide bonds. The van der Waals surface area contributed by atoms with Crippen molar-refractivity contribution in [3.63, 3.8) is 0 Å². The van der Waals surface area contributed by atoms with Gasteiger partial charge in [-0.3, -0.25) is 4.79 Å². The molecular formula is C34H44N4O5. The number of piperidine rings is 2. The largest absolute Gasteiger partial charge is 0.444 e. The molecule has 0 aromatic heterocycles. The SMILES string of the molecule is CC(C)(C)OC(=O)NC/C=C/c1cccc([C@H](c2ccccc2)C2CCN(C(=O)N3CC[C@@H]4OCC(=O)N[C@@H]4C3)CC2)c1. The first-order valence-corrected chi connectivity index (χ1v) is 15.4. The van der Waals surface area contributed by atoms with E-state index >= 15 is 0 Å². The van der Waals surface area contributed by atoms with Gasteiger partial charge in [-0.2, -0.15) is 0 Å². The van der Waals surface area contributed by atoms with Gasteiger partial charge in [0.2, 0.25) is 5.91 Å². The summed E-state index contributed by atoms with van der Waals surface area (Å²) < 4.78 is 11.0. The van der Waals surface area contributed by atoms with E-state index in [1.807, 2.05) is 48.8 Å². The quantitative estimate of drug-likeness (QED) is 0.506. The minimum atomic E-state index is -0.529. The molecule has 2 aromatic rings. The topological polar surface area (TPSA) is 100 Å². The first kappa shape index (κ1) is 30.6. The number of urea groups is 1. The Hall–Kier alpha value is -3.85. The van der Waals surface area contributed by atoms with Gasteiger partial charge in [0.05, 0.1) is 12.1 Å². The van der Waals surface area contributed by atoms with Crippen LogP contribution in [0, 0.1) is 5.92 Å². The van der Waals surface area contributed by atoms with E-state index in [9.17, 15) is 14.4 Å². The van der Waals surface area contributed by atoms with Gasteiger partial charge >= 0.3 is 12.1 Å². The van der Waals surface area contributed by atoms with Crippen molar-refractivity contribution in [3.05, 3.63) is 77.4 Å². The molecule has 5 rings (SSSR count). The van der Waals surface area contributed by atoms with E-state index in [4.69, 9.17) is 9.47 Å². The molecule has 3 fully saturated rings. The molecule has 9 heteroatoms. The number of ether oxygens (including phenoxy) is 2.